The smallest absolute Gasteiger partial charge is 0.337 e. The summed E-state index contributed by atoms with van der Waals surface area (Å²) in [6.45, 7) is 0. The molecule has 0 fully saturated rings. The highest BCUT2D eigenvalue weighted by Gasteiger charge is 2.15. The van der Waals surface area contributed by atoms with Crippen molar-refractivity contribution in [3.8, 4) is 28.5 Å². The number of anilines is 1. The number of hydrogen-bond donors (Lipinski definition) is 1. The van der Waals surface area contributed by atoms with Crippen molar-refractivity contribution in [2.45, 2.75) is 5.03 Å². The topological polar surface area (TPSA) is 109 Å². The van der Waals surface area contributed by atoms with E-state index in [1.54, 1.807) is 69.9 Å². The molecule has 3 aromatic rings. The predicted octanol–water partition coefficient (Wildman–Crippen LogP) is 3.69. The molecule has 0 saturated heterocycles. The van der Waals surface area contributed by atoms with Crippen molar-refractivity contribution in [2.75, 3.05) is 39.5 Å². The Kier molecular flexibility index (Phi) is 8.09. The van der Waals surface area contributed by atoms with Crippen LogP contribution < -0.4 is 19.5 Å². The fourth-order valence-corrected chi connectivity index (χ4v) is 3.54. The quantitative estimate of drug-likeness (QED) is 0.371. The van der Waals surface area contributed by atoms with Gasteiger partial charge in [0, 0.05) is 11.3 Å². The van der Waals surface area contributed by atoms with E-state index >= 15 is 0 Å². The lowest BCUT2D eigenvalue weighted by Crippen LogP contribution is -2.14. The van der Waals surface area contributed by atoms with Crippen LogP contribution in [0.5, 0.6) is 17.2 Å². The van der Waals surface area contributed by atoms with Gasteiger partial charge < -0.3 is 24.3 Å². The molecule has 0 saturated carbocycles. The van der Waals surface area contributed by atoms with Crippen molar-refractivity contribution in [3.05, 3.63) is 54.1 Å². The zero-order valence-corrected chi connectivity index (χ0v) is 19.4. The fourth-order valence-electron chi connectivity index (χ4n) is 2.92. The average molecular weight is 470 g/mol. The molecule has 33 heavy (non-hydrogen) atoms. The van der Waals surface area contributed by atoms with E-state index < -0.39 is 5.97 Å². The number of esters is 1. The van der Waals surface area contributed by atoms with Crippen molar-refractivity contribution in [2.24, 2.45) is 0 Å². The van der Waals surface area contributed by atoms with Crippen LogP contribution in [0.2, 0.25) is 0 Å². The van der Waals surface area contributed by atoms with Gasteiger partial charge in [-0.2, -0.15) is 0 Å². The van der Waals surface area contributed by atoms with Crippen LogP contribution in [0, 0.1) is 0 Å². The van der Waals surface area contributed by atoms with Gasteiger partial charge >= 0.3 is 5.97 Å². The number of carbonyl (C=O) groups is 2. The van der Waals surface area contributed by atoms with Gasteiger partial charge in [-0.25, -0.2) is 4.79 Å². The molecule has 10 heteroatoms. The van der Waals surface area contributed by atoms with Crippen LogP contribution in [0.25, 0.3) is 11.3 Å². The van der Waals surface area contributed by atoms with Crippen molar-refractivity contribution in [1.82, 2.24) is 10.2 Å². The summed E-state index contributed by atoms with van der Waals surface area (Å²) < 4.78 is 20.7. The molecule has 9 nitrogen and oxygen atoms in total. The Hall–Kier alpha value is -3.79. The largest absolute Gasteiger partial charge is 0.493 e. The van der Waals surface area contributed by atoms with Gasteiger partial charge in [-0.15, -0.1) is 10.2 Å². The first-order valence-electron chi connectivity index (χ1n) is 9.74. The van der Waals surface area contributed by atoms with Crippen LogP contribution >= 0.6 is 11.8 Å². The molecule has 0 aliphatic heterocycles. The minimum absolute atomic E-state index is 0.150. The molecule has 0 aliphatic rings. The molecule has 2 aromatic carbocycles. The molecule has 0 radical (unpaired) electrons. The van der Waals surface area contributed by atoms with Crippen molar-refractivity contribution in [1.29, 1.82) is 0 Å². The number of nitrogens with one attached hydrogen (secondary N) is 1. The van der Waals surface area contributed by atoms with E-state index in [1.165, 1.54) is 18.9 Å². The van der Waals surface area contributed by atoms with Crippen LogP contribution in [0.15, 0.2) is 53.6 Å². The summed E-state index contributed by atoms with van der Waals surface area (Å²) in [4.78, 5) is 23.7. The lowest BCUT2D eigenvalue weighted by molar-refractivity contribution is -0.113. The third kappa shape index (κ3) is 5.92. The Morgan fingerprint density at radius 3 is 2.06 bits per heavy atom. The van der Waals surface area contributed by atoms with Gasteiger partial charge in [0.1, 0.15) is 5.03 Å². The lowest BCUT2D eigenvalue weighted by atomic mass is 10.1. The second-order valence-corrected chi connectivity index (χ2v) is 7.57. The Morgan fingerprint density at radius 2 is 1.55 bits per heavy atom. The maximum absolute atomic E-state index is 12.2. The standard InChI is InChI=1S/C23H23N3O6S/c1-29-18-11-15(12-19(30-2)22(18)31-3)17-9-10-21(26-25-17)33-13-20(27)24-16-7-5-14(6-8-16)23(28)32-4/h5-12H,13H2,1-4H3,(H,24,27). The Balaban J connectivity index is 1.62. The summed E-state index contributed by atoms with van der Waals surface area (Å²) in [7, 11) is 5.95. The number of carbonyl (C=O) groups excluding carboxylic acids is 2. The number of aromatic nitrogens is 2. The van der Waals surface area contributed by atoms with Crippen LogP contribution in [-0.2, 0) is 9.53 Å². The Bertz CT molecular complexity index is 1100. The molecule has 0 bridgehead atoms. The summed E-state index contributed by atoms with van der Waals surface area (Å²) in [6.07, 6.45) is 0. The Labute approximate surface area is 195 Å². The normalized spacial score (nSPS) is 10.3. The van der Waals surface area contributed by atoms with E-state index in [4.69, 9.17) is 14.2 Å². The predicted molar refractivity (Wildman–Crippen MR) is 124 cm³/mol. The van der Waals surface area contributed by atoms with E-state index in [-0.39, 0.29) is 11.7 Å². The van der Waals surface area contributed by atoms with Crippen molar-refractivity contribution in [3.63, 3.8) is 0 Å². The third-order valence-electron chi connectivity index (χ3n) is 4.54. The molecule has 1 amide bonds. The number of amides is 1. The molecule has 1 aromatic heterocycles. The zero-order valence-electron chi connectivity index (χ0n) is 18.6. The minimum atomic E-state index is -0.433. The number of benzene rings is 2. The van der Waals surface area contributed by atoms with E-state index in [0.29, 0.717) is 39.2 Å². The van der Waals surface area contributed by atoms with E-state index in [2.05, 4.69) is 20.3 Å². The first-order valence-corrected chi connectivity index (χ1v) is 10.7. The molecule has 1 N–H and O–H groups in total. The van der Waals surface area contributed by atoms with Crippen molar-refractivity contribution < 1.29 is 28.5 Å². The average Bonchev–Trinajstić information content (AvgIpc) is 2.86. The van der Waals surface area contributed by atoms with Gasteiger partial charge in [-0.05, 0) is 48.5 Å². The molecule has 3 rings (SSSR count). The SMILES string of the molecule is COC(=O)c1ccc(NC(=O)CSc2ccc(-c3cc(OC)c(OC)c(OC)c3)nn2)cc1. The summed E-state index contributed by atoms with van der Waals surface area (Å²) in [5.41, 5.74) is 2.36. The van der Waals surface area contributed by atoms with E-state index in [9.17, 15) is 9.59 Å². The second kappa shape index (κ2) is 11.2. The number of hydrogen-bond acceptors (Lipinski definition) is 9. The van der Waals surface area contributed by atoms with Crippen LogP contribution in [-0.4, -0.2) is 56.3 Å². The number of ether oxygens (including phenoxy) is 4. The number of methoxy groups -OCH3 is 4. The molecule has 0 spiro atoms. The Morgan fingerprint density at radius 1 is 0.879 bits per heavy atom. The molecule has 172 valence electrons. The third-order valence-corrected chi connectivity index (χ3v) is 5.46. The highest BCUT2D eigenvalue weighted by Crippen LogP contribution is 2.40. The maximum Gasteiger partial charge on any atom is 0.337 e. The lowest BCUT2D eigenvalue weighted by Gasteiger charge is -2.13. The van der Waals surface area contributed by atoms with Crippen LogP contribution in [0.1, 0.15) is 10.4 Å². The van der Waals surface area contributed by atoms with Crippen molar-refractivity contribution >= 4 is 29.3 Å². The van der Waals surface area contributed by atoms with E-state index in [0.717, 1.165) is 5.56 Å². The van der Waals surface area contributed by atoms with E-state index in [1.807, 2.05) is 0 Å². The summed E-state index contributed by atoms with van der Waals surface area (Å²) >= 11 is 1.26. The fraction of sp³-hybridized carbons (Fsp3) is 0.217. The van der Waals surface area contributed by atoms with Gasteiger partial charge in [0.05, 0.1) is 45.4 Å². The van der Waals surface area contributed by atoms with Crippen LogP contribution in [0.4, 0.5) is 5.69 Å². The summed E-state index contributed by atoms with van der Waals surface area (Å²) in [5.74, 6) is 1.04. The maximum atomic E-state index is 12.2. The first-order chi connectivity index (χ1) is 16.0. The molecule has 0 unspecified atom stereocenters. The number of rotatable bonds is 9. The molecule has 0 aliphatic carbocycles. The molecular formula is C23H23N3O6S. The highest BCUT2D eigenvalue weighted by molar-refractivity contribution is 7.99. The highest BCUT2D eigenvalue weighted by atomic mass is 32.2. The summed E-state index contributed by atoms with van der Waals surface area (Å²) in [5, 5.41) is 11.8. The summed E-state index contributed by atoms with van der Waals surface area (Å²) in [6, 6.07) is 13.6. The zero-order chi connectivity index (χ0) is 23.8. The number of thioether (sulfide) groups is 1. The molecule has 1 heterocycles. The van der Waals surface area contributed by atoms with Gasteiger partial charge in [-0.1, -0.05) is 11.8 Å². The molecular weight excluding hydrogens is 446 g/mol. The van der Waals surface area contributed by atoms with Gasteiger partial charge in [0.2, 0.25) is 11.7 Å². The van der Waals surface area contributed by atoms with Gasteiger partial charge in [0.25, 0.3) is 0 Å². The molecule has 0 atom stereocenters. The second-order valence-electron chi connectivity index (χ2n) is 6.58. The van der Waals surface area contributed by atoms with Gasteiger partial charge in [0.15, 0.2) is 11.5 Å². The van der Waals surface area contributed by atoms with Gasteiger partial charge in [-0.3, -0.25) is 4.79 Å². The van der Waals surface area contributed by atoms with Crippen LogP contribution in [0.3, 0.4) is 0 Å². The number of nitrogens with zero attached hydrogens (tertiary/aromatic N) is 2. The first kappa shape index (κ1) is 23.9. The monoisotopic (exact) mass is 469 g/mol. The minimum Gasteiger partial charge on any atom is -0.493 e.